The number of nitrogens with one attached hydrogen (secondary N) is 1. The first-order valence-corrected chi connectivity index (χ1v) is 16.6. The maximum atomic E-state index is 14.3. The van der Waals surface area contributed by atoms with Gasteiger partial charge in [-0.15, -0.1) is 0 Å². The number of allylic oxidation sites excluding steroid dienone is 1. The fourth-order valence-corrected chi connectivity index (χ4v) is 7.04. The minimum atomic E-state index is -0.694. The first-order chi connectivity index (χ1) is 23.5. The van der Waals surface area contributed by atoms with Crippen molar-refractivity contribution in [1.29, 1.82) is 0 Å². The maximum absolute atomic E-state index is 14.3. The van der Waals surface area contributed by atoms with E-state index in [1.807, 2.05) is 117 Å². The first-order valence-electron chi connectivity index (χ1n) is 15.8. The summed E-state index contributed by atoms with van der Waals surface area (Å²) in [5.74, 6) is 1.06. The van der Waals surface area contributed by atoms with Gasteiger partial charge in [0.2, 0.25) is 0 Å². The molecule has 2 heterocycles. The number of hydrogen-bond acceptors (Lipinski definition) is 6. The molecule has 0 saturated heterocycles. The van der Waals surface area contributed by atoms with Crippen LogP contribution in [0.5, 0.6) is 11.5 Å². The molecule has 48 heavy (non-hydrogen) atoms. The molecule has 238 valence electrons. The first kappa shape index (κ1) is 30.9. The van der Waals surface area contributed by atoms with Gasteiger partial charge in [0.15, 0.2) is 4.80 Å². The van der Waals surface area contributed by atoms with E-state index in [1.165, 1.54) is 11.3 Å². The van der Waals surface area contributed by atoms with Gasteiger partial charge in [0.25, 0.3) is 11.5 Å². The van der Waals surface area contributed by atoms with Gasteiger partial charge >= 0.3 is 0 Å². The Morgan fingerprint density at radius 2 is 1.60 bits per heavy atom. The quantitative estimate of drug-likeness (QED) is 0.183. The van der Waals surface area contributed by atoms with Crippen molar-refractivity contribution in [3.63, 3.8) is 0 Å². The Labute approximate surface area is 281 Å². The molecular weight excluding hydrogens is 619 g/mol. The third-order valence-corrected chi connectivity index (χ3v) is 9.26. The fourth-order valence-electron chi connectivity index (χ4n) is 6.01. The second-order valence-electron chi connectivity index (χ2n) is 11.4. The number of para-hydroxylation sites is 2. The highest BCUT2D eigenvalue weighted by atomic mass is 32.1. The molecule has 8 heteroatoms. The lowest BCUT2D eigenvalue weighted by atomic mass is 9.95. The zero-order valence-corrected chi connectivity index (χ0v) is 27.4. The van der Waals surface area contributed by atoms with Crippen molar-refractivity contribution in [1.82, 2.24) is 4.57 Å². The number of ether oxygens (including phenoxy) is 2. The molecule has 0 fully saturated rings. The summed E-state index contributed by atoms with van der Waals surface area (Å²) in [6, 6.07) is 38.2. The molecule has 1 aliphatic rings. The molecule has 0 aliphatic carbocycles. The maximum Gasteiger partial charge on any atom is 0.271 e. The fraction of sp³-hybridized carbons (Fsp3) is 0.125. The van der Waals surface area contributed by atoms with Gasteiger partial charge in [-0.25, -0.2) is 4.99 Å². The average Bonchev–Trinajstić information content (AvgIpc) is 3.41. The Kier molecular flexibility index (Phi) is 8.72. The van der Waals surface area contributed by atoms with E-state index >= 15 is 0 Å². The third kappa shape index (κ3) is 6.18. The van der Waals surface area contributed by atoms with Crippen molar-refractivity contribution in [2.75, 3.05) is 11.9 Å². The molecule has 1 N–H and O–H groups in total. The van der Waals surface area contributed by atoms with Crippen molar-refractivity contribution >= 4 is 39.8 Å². The van der Waals surface area contributed by atoms with Crippen LogP contribution in [-0.4, -0.2) is 17.1 Å². The minimum absolute atomic E-state index is 0.237. The predicted octanol–water partition coefficient (Wildman–Crippen LogP) is 7.00. The topological polar surface area (TPSA) is 81.9 Å². The van der Waals surface area contributed by atoms with Gasteiger partial charge in [0.05, 0.1) is 28.5 Å². The van der Waals surface area contributed by atoms with Crippen molar-refractivity contribution in [2.45, 2.75) is 26.5 Å². The van der Waals surface area contributed by atoms with Gasteiger partial charge in [0.1, 0.15) is 18.1 Å². The van der Waals surface area contributed by atoms with Crippen LogP contribution in [0.1, 0.15) is 36.6 Å². The smallest absolute Gasteiger partial charge is 0.271 e. The van der Waals surface area contributed by atoms with Crippen LogP contribution in [0.3, 0.4) is 0 Å². The Balaban J connectivity index is 1.28. The molecule has 1 aromatic heterocycles. The number of carbonyl (C=O) groups excluding carboxylic acids is 1. The van der Waals surface area contributed by atoms with E-state index in [-0.39, 0.29) is 11.5 Å². The molecule has 0 unspecified atom stereocenters. The molecular formula is C40H33N3O4S. The number of amides is 1. The number of rotatable bonds is 9. The molecule has 7 rings (SSSR count). The number of thiazole rings is 1. The minimum Gasteiger partial charge on any atom is -0.494 e. The van der Waals surface area contributed by atoms with Crippen LogP contribution in [-0.2, 0) is 11.4 Å². The van der Waals surface area contributed by atoms with Gasteiger partial charge in [-0.05, 0) is 72.2 Å². The Bertz CT molecular complexity index is 2340. The molecule has 0 radical (unpaired) electrons. The van der Waals surface area contributed by atoms with Gasteiger partial charge in [-0.2, -0.15) is 0 Å². The van der Waals surface area contributed by atoms with E-state index in [0.717, 1.165) is 27.5 Å². The van der Waals surface area contributed by atoms with Crippen LogP contribution in [0, 0.1) is 0 Å². The summed E-state index contributed by atoms with van der Waals surface area (Å²) < 4.78 is 14.1. The summed E-state index contributed by atoms with van der Waals surface area (Å²) in [5.41, 5.74) is 4.00. The van der Waals surface area contributed by atoms with E-state index in [0.29, 0.717) is 51.0 Å². The van der Waals surface area contributed by atoms with Gasteiger partial charge < -0.3 is 14.8 Å². The molecule has 1 aliphatic heterocycles. The molecule has 0 bridgehead atoms. The predicted molar refractivity (Wildman–Crippen MR) is 191 cm³/mol. The zero-order chi connectivity index (χ0) is 33.0. The summed E-state index contributed by atoms with van der Waals surface area (Å²) >= 11 is 1.30. The van der Waals surface area contributed by atoms with Gasteiger partial charge in [-0.1, -0.05) is 102 Å². The molecule has 0 spiro atoms. The summed E-state index contributed by atoms with van der Waals surface area (Å²) in [6.07, 6.45) is 1.85. The van der Waals surface area contributed by atoms with Crippen LogP contribution in [0.25, 0.3) is 16.8 Å². The van der Waals surface area contributed by atoms with Crippen LogP contribution in [0.4, 0.5) is 5.69 Å². The van der Waals surface area contributed by atoms with E-state index in [1.54, 1.807) is 4.57 Å². The van der Waals surface area contributed by atoms with Crippen LogP contribution < -0.4 is 29.7 Å². The van der Waals surface area contributed by atoms with Gasteiger partial charge in [-0.3, -0.25) is 14.2 Å². The average molecular weight is 652 g/mol. The van der Waals surface area contributed by atoms with E-state index < -0.39 is 6.04 Å². The number of carbonyl (C=O) groups is 1. The van der Waals surface area contributed by atoms with E-state index in [9.17, 15) is 9.59 Å². The highest BCUT2D eigenvalue weighted by molar-refractivity contribution is 7.07. The summed E-state index contributed by atoms with van der Waals surface area (Å²) in [5, 5.41) is 5.29. The van der Waals surface area contributed by atoms with Crippen LogP contribution >= 0.6 is 11.3 Å². The molecule has 1 atom stereocenters. The second kappa shape index (κ2) is 13.6. The monoisotopic (exact) mass is 651 g/mol. The lowest BCUT2D eigenvalue weighted by Crippen LogP contribution is -2.40. The molecule has 1 amide bonds. The highest BCUT2D eigenvalue weighted by Gasteiger charge is 2.32. The second-order valence-corrected chi connectivity index (χ2v) is 12.4. The molecule has 0 saturated carbocycles. The Morgan fingerprint density at radius 1 is 0.875 bits per heavy atom. The summed E-state index contributed by atoms with van der Waals surface area (Å²) in [6.45, 7) is 4.65. The standard InChI is InChI=1S/C40H33N3O4S/c1-3-46-32-22-20-28(21-23-32)37-36(38(44)42-31-16-5-4-6-17-31)26(2)41-40-43(37)39(45)35(48-40)24-29-13-8-10-19-34(29)47-25-30-15-11-14-27-12-7-9-18-33(27)30/h4-24,37H,3,25H2,1-2H3,(H,42,44)/b35-24+/t37-/m0/s1. The number of nitrogens with zero attached hydrogens (tertiary/aromatic N) is 2. The summed E-state index contributed by atoms with van der Waals surface area (Å²) in [4.78, 5) is 33.5. The Morgan fingerprint density at radius 3 is 2.42 bits per heavy atom. The lowest BCUT2D eigenvalue weighted by molar-refractivity contribution is -0.113. The normalized spacial score (nSPS) is 14.4. The van der Waals surface area contributed by atoms with Crippen molar-refractivity contribution in [2.24, 2.45) is 4.99 Å². The summed E-state index contributed by atoms with van der Waals surface area (Å²) in [7, 11) is 0. The Hall–Kier alpha value is -5.73. The third-order valence-electron chi connectivity index (χ3n) is 8.27. The SMILES string of the molecule is CCOc1ccc([C@H]2C(C(=O)Nc3ccccc3)=C(C)N=c3s/c(=C/c4ccccc4OCc4cccc5ccccc45)c(=O)n32)cc1. The molecule has 7 nitrogen and oxygen atoms in total. The molecule has 6 aromatic rings. The molecule has 5 aromatic carbocycles. The van der Waals surface area contributed by atoms with Crippen molar-refractivity contribution in [3.8, 4) is 11.5 Å². The number of fused-ring (bicyclic) bond motifs is 2. The number of benzene rings is 5. The lowest BCUT2D eigenvalue weighted by Gasteiger charge is -2.25. The van der Waals surface area contributed by atoms with Crippen molar-refractivity contribution < 1.29 is 14.3 Å². The van der Waals surface area contributed by atoms with E-state index in [2.05, 4.69) is 29.6 Å². The number of aromatic nitrogens is 1. The number of hydrogen-bond donors (Lipinski definition) is 1. The largest absolute Gasteiger partial charge is 0.494 e. The van der Waals surface area contributed by atoms with Crippen molar-refractivity contribution in [3.05, 3.63) is 169 Å². The highest BCUT2D eigenvalue weighted by Crippen LogP contribution is 2.32. The van der Waals surface area contributed by atoms with Gasteiger partial charge in [0, 0.05) is 11.3 Å². The van der Waals surface area contributed by atoms with Crippen LogP contribution in [0.2, 0.25) is 0 Å². The zero-order valence-electron chi connectivity index (χ0n) is 26.6. The number of anilines is 1. The van der Waals surface area contributed by atoms with Crippen LogP contribution in [0.15, 0.2) is 142 Å². The van der Waals surface area contributed by atoms with E-state index in [4.69, 9.17) is 14.5 Å².